The van der Waals surface area contributed by atoms with Crippen LogP contribution in [0.1, 0.15) is 15.9 Å². The summed E-state index contributed by atoms with van der Waals surface area (Å²) in [6, 6.07) is 17.9. The number of aryl methyl sites for hydroxylation is 1. The van der Waals surface area contributed by atoms with Gasteiger partial charge in [-0.05, 0) is 35.7 Å². The van der Waals surface area contributed by atoms with Crippen molar-refractivity contribution in [2.24, 2.45) is 0 Å². The number of phenols is 2. The highest BCUT2D eigenvalue weighted by Gasteiger charge is 2.15. The summed E-state index contributed by atoms with van der Waals surface area (Å²) < 4.78 is 3.73. The number of carbonyl (C=O) groups is 1. The van der Waals surface area contributed by atoms with Crippen molar-refractivity contribution >= 4 is 43.2 Å². The molecule has 6 nitrogen and oxygen atoms in total. The number of rotatable bonds is 4. The van der Waals surface area contributed by atoms with Gasteiger partial charge in [-0.2, -0.15) is 9.13 Å². The molecule has 0 radical (unpaired) electrons. The average Bonchev–Trinajstić information content (AvgIpc) is 2.82. The molecule has 0 saturated carbocycles. The molecule has 0 fully saturated rings. The van der Waals surface area contributed by atoms with Crippen LogP contribution < -0.4 is 9.13 Å². The highest BCUT2D eigenvalue weighted by molar-refractivity contribution is 15.0. The Morgan fingerprint density at radius 3 is 1.56 bits per heavy atom. The Hall–Kier alpha value is -2.73. The molecule has 8 heteroatoms. The lowest BCUT2D eigenvalue weighted by Crippen LogP contribution is -2.29. The Balaban J connectivity index is 0.00000141. The molecule has 32 heavy (non-hydrogen) atoms. The smallest absolute Gasteiger partial charge is 0.339 e. The number of carboxylic acid groups (broad SMARTS) is 1. The average molecular weight is 654 g/mol. The van der Waals surface area contributed by atoms with Gasteiger partial charge in [0.1, 0.15) is 17.1 Å². The molecule has 4 aromatic rings. The van der Waals surface area contributed by atoms with Gasteiger partial charge >= 0.3 is 5.97 Å². The van der Waals surface area contributed by atoms with E-state index in [1.165, 1.54) is 12.1 Å². The molecule has 0 unspecified atom stereocenters. The van der Waals surface area contributed by atoms with Gasteiger partial charge in [-0.1, -0.05) is 0 Å². The largest absolute Gasteiger partial charge is 0.507 e. The molecule has 0 bridgehead atoms. The van der Waals surface area contributed by atoms with Crippen molar-refractivity contribution in [1.82, 2.24) is 0 Å². The van der Waals surface area contributed by atoms with Crippen LogP contribution >= 0.6 is 37.2 Å². The van der Waals surface area contributed by atoms with Crippen LogP contribution in [0.2, 0.25) is 0 Å². The summed E-state index contributed by atoms with van der Waals surface area (Å²) in [5, 5.41) is 28.8. The molecule has 162 valence electrons. The normalized spacial score (nSPS) is 10.2. The number of phenolic OH excluding ortho intramolecular Hbond substituents is 1. The molecular formula is C24H20I2N2O4+2. The van der Waals surface area contributed by atoms with E-state index in [0.29, 0.717) is 5.69 Å². The number of nitrogens with zero attached hydrogens (tertiary/aromatic N) is 2. The van der Waals surface area contributed by atoms with Crippen LogP contribution in [-0.4, -0.2) is 21.3 Å². The third-order valence-electron chi connectivity index (χ3n) is 4.99. The Morgan fingerprint density at radius 1 is 0.719 bits per heavy atom. The van der Waals surface area contributed by atoms with Gasteiger partial charge in [0.2, 0.25) is 11.4 Å². The van der Waals surface area contributed by atoms with Crippen LogP contribution in [0.4, 0.5) is 0 Å². The van der Waals surface area contributed by atoms with E-state index in [-0.39, 0.29) is 17.1 Å². The predicted molar refractivity (Wildman–Crippen MR) is 138 cm³/mol. The van der Waals surface area contributed by atoms with Gasteiger partial charge in [0, 0.05) is 73.6 Å². The highest BCUT2D eigenvalue weighted by Crippen LogP contribution is 2.21. The van der Waals surface area contributed by atoms with Gasteiger partial charge < -0.3 is 15.3 Å². The highest BCUT2D eigenvalue weighted by atomic mass is 128. The van der Waals surface area contributed by atoms with E-state index in [9.17, 15) is 15.0 Å². The maximum atomic E-state index is 11.0. The molecule has 2 heterocycles. The minimum Gasteiger partial charge on any atom is -0.507 e. The quantitative estimate of drug-likeness (QED) is 0.212. The summed E-state index contributed by atoms with van der Waals surface area (Å²) >= 11 is 4.24. The van der Waals surface area contributed by atoms with Crippen LogP contribution in [0.15, 0.2) is 85.5 Å². The van der Waals surface area contributed by atoms with Gasteiger partial charge in [0.05, 0.1) is 12.1 Å². The Bertz CT molecular complexity index is 1240. The van der Waals surface area contributed by atoms with Crippen molar-refractivity contribution in [3.8, 4) is 34.0 Å². The zero-order valence-corrected chi connectivity index (χ0v) is 21.3. The lowest BCUT2D eigenvalue weighted by Gasteiger charge is -2.03. The van der Waals surface area contributed by atoms with E-state index in [2.05, 4.69) is 37.2 Å². The van der Waals surface area contributed by atoms with Crippen LogP contribution in [0.25, 0.3) is 22.5 Å². The molecule has 4 rings (SSSR count). The molecule has 3 N–H and O–H groups in total. The van der Waals surface area contributed by atoms with Crippen molar-refractivity contribution in [2.75, 3.05) is 0 Å². The third kappa shape index (κ3) is 5.36. The summed E-state index contributed by atoms with van der Waals surface area (Å²) in [5.41, 5.74) is 4.28. The molecule has 0 amide bonds. The van der Waals surface area contributed by atoms with Crippen molar-refractivity contribution < 1.29 is 29.2 Å². The first-order valence-electron chi connectivity index (χ1n) is 9.46. The number of halogens is 2. The second-order valence-electron chi connectivity index (χ2n) is 6.97. The number of pyridine rings is 2. The Labute approximate surface area is 208 Å². The fraction of sp³-hybridized carbons (Fsp3) is 0.0417. The number of aromatic hydroxyl groups is 2. The summed E-state index contributed by atoms with van der Waals surface area (Å²) in [7, 11) is 0. The number of aromatic carboxylic acids is 1. The summed E-state index contributed by atoms with van der Waals surface area (Å²) in [6.45, 7) is 1.86. The van der Waals surface area contributed by atoms with E-state index >= 15 is 0 Å². The zero-order valence-electron chi connectivity index (χ0n) is 17.0. The topological polar surface area (TPSA) is 85.5 Å². The summed E-state index contributed by atoms with van der Waals surface area (Å²) in [4.78, 5) is 11.0. The standard InChI is InChI=1S/C24H18N2O4.I2/c1-16-2-3-19(14-22(16)27)25-10-6-17(7-11-25)18-8-12-26(13-9-18)20-4-5-21(24(29)30)23(28)15-20;1-2/h2-15H,1H3,(H-2,27,28,29,30);/p+2. The van der Waals surface area contributed by atoms with Crippen LogP contribution in [0, 0.1) is 6.92 Å². The fourth-order valence-corrected chi connectivity index (χ4v) is 3.20. The lowest BCUT2D eigenvalue weighted by atomic mass is 10.1. The molecule has 0 spiro atoms. The maximum absolute atomic E-state index is 11.0. The van der Waals surface area contributed by atoms with E-state index in [0.717, 1.165) is 22.4 Å². The number of hydrogen-bond acceptors (Lipinski definition) is 3. The number of hydrogen-bond donors (Lipinski definition) is 3. The van der Waals surface area contributed by atoms with Gasteiger partial charge in [-0.15, -0.1) is 0 Å². The van der Waals surface area contributed by atoms with Crippen LogP contribution in [0.3, 0.4) is 0 Å². The fourth-order valence-electron chi connectivity index (χ4n) is 3.20. The first-order valence-corrected chi connectivity index (χ1v) is 15.7. The maximum Gasteiger partial charge on any atom is 0.339 e. The van der Waals surface area contributed by atoms with Crippen molar-refractivity contribution in [2.45, 2.75) is 6.92 Å². The minimum atomic E-state index is -1.17. The molecule has 0 atom stereocenters. The first kappa shape index (κ1) is 23.9. The second-order valence-corrected chi connectivity index (χ2v) is 6.97. The third-order valence-corrected chi connectivity index (χ3v) is 4.99. The van der Waals surface area contributed by atoms with Crippen molar-refractivity contribution in [3.63, 3.8) is 0 Å². The van der Waals surface area contributed by atoms with Gasteiger partial charge in [0.25, 0.3) is 0 Å². The number of aromatic nitrogens is 2. The van der Waals surface area contributed by atoms with Crippen molar-refractivity contribution in [1.29, 1.82) is 0 Å². The monoisotopic (exact) mass is 654 g/mol. The second kappa shape index (κ2) is 10.7. The van der Waals surface area contributed by atoms with Crippen molar-refractivity contribution in [3.05, 3.63) is 96.6 Å². The molecule has 2 aromatic heterocycles. The minimum absolute atomic E-state index is 0.129. The molecular weight excluding hydrogens is 634 g/mol. The molecule has 0 aliphatic heterocycles. The first-order chi connectivity index (χ1) is 15.4. The lowest BCUT2D eigenvalue weighted by molar-refractivity contribution is -0.596. The van der Waals surface area contributed by atoms with Crippen LogP contribution in [-0.2, 0) is 0 Å². The summed E-state index contributed by atoms with van der Waals surface area (Å²) in [5.74, 6) is -1.17. The van der Waals surface area contributed by atoms with E-state index in [1.807, 2.05) is 72.7 Å². The molecule has 0 aliphatic rings. The van der Waals surface area contributed by atoms with Gasteiger partial charge in [-0.25, -0.2) is 4.79 Å². The number of benzene rings is 2. The van der Waals surface area contributed by atoms with Gasteiger partial charge in [0.15, 0.2) is 24.8 Å². The SMILES string of the molecule is Cc1ccc(-[n+]2ccc(-c3cc[n+](-c4ccc(C(=O)O)c(O)c4)cc3)cc2)cc1O.II. The molecule has 2 aromatic carbocycles. The zero-order chi connectivity index (χ0) is 23.3. The summed E-state index contributed by atoms with van der Waals surface area (Å²) in [6.07, 6.45) is 7.57. The van der Waals surface area contributed by atoms with Crippen LogP contribution in [0.5, 0.6) is 11.5 Å². The molecule has 0 aliphatic carbocycles. The van der Waals surface area contributed by atoms with E-state index in [1.54, 1.807) is 16.7 Å². The number of carboxylic acids is 1. The van der Waals surface area contributed by atoms with Gasteiger partial charge in [-0.3, -0.25) is 0 Å². The molecule has 0 saturated heterocycles. The van der Waals surface area contributed by atoms with E-state index < -0.39 is 5.97 Å². The Kier molecular flexibility index (Phi) is 8.02. The predicted octanol–water partition coefficient (Wildman–Crippen LogP) is 5.10. The Morgan fingerprint density at radius 2 is 1.16 bits per heavy atom. The van der Waals surface area contributed by atoms with E-state index in [4.69, 9.17) is 5.11 Å².